The second-order valence-electron chi connectivity index (χ2n) is 7.37. The number of halogens is 3. The molecule has 3 heterocycles. The summed E-state index contributed by atoms with van der Waals surface area (Å²) in [6.45, 7) is 0.589. The molecule has 1 amide bonds. The zero-order chi connectivity index (χ0) is 20.2. The number of aromatic nitrogens is 4. The highest BCUT2D eigenvalue weighted by atomic mass is 19.4. The summed E-state index contributed by atoms with van der Waals surface area (Å²) < 4.78 is 41.2. The number of nitrogens with zero attached hydrogens (tertiary/aromatic N) is 4. The minimum Gasteiger partial charge on any atom is -0.354 e. The van der Waals surface area contributed by atoms with Crippen LogP contribution in [0.2, 0.25) is 0 Å². The van der Waals surface area contributed by atoms with Crippen molar-refractivity contribution < 1.29 is 18.0 Å². The lowest BCUT2D eigenvalue weighted by molar-refractivity contribution is -0.137. The van der Waals surface area contributed by atoms with Crippen molar-refractivity contribution in [3.63, 3.8) is 0 Å². The molecule has 1 aliphatic carbocycles. The van der Waals surface area contributed by atoms with Gasteiger partial charge >= 0.3 is 6.18 Å². The highest BCUT2D eigenvalue weighted by Crippen LogP contribution is 2.46. The van der Waals surface area contributed by atoms with E-state index in [2.05, 4.69) is 25.8 Å². The Bertz CT molecular complexity index is 1110. The number of fused-ring (bicyclic) bond motifs is 1. The molecule has 3 aromatic rings. The normalized spacial score (nSPS) is 19.6. The highest BCUT2D eigenvalue weighted by molar-refractivity contribution is 5.86. The molecule has 0 radical (unpaired) electrons. The Labute approximate surface area is 163 Å². The number of amides is 1. The van der Waals surface area contributed by atoms with E-state index in [1.807, 2.05) is 0 Å². The van der Waals surface area contributed by atoms with Crippen LogP contribution in [0.15, 0.2) is 30.7 Å². The van der Waals surface area contributed by atoms with Crippen LogP contribution >= 0.6 is 0 Å². The van der Waals surface area contributed by atoms with Gasteiger partial charge in [-0.1, -0.05) is 6.07 Å². The lowest BCUT2D eigenvalue weighted by Crippen LogP contribution is -2.30. The average molecular weight is 402 g/mol. The summed E-state index contributed by atoms with van der Waals surface area (Å²) >= 11 is 0. The van der Waals surface area contributed by atoms with Gasteiger partial charge in [0.2, 0.25) is 11.9 Å². The van der Waals surface area contributed by atoms with Crippen molar-refractivity contribution in [2.24, 2.45) is 0 Å². The van der Waals surface area contributed by atoms with E-state index in [1.54, 1.807) is 16.9 Å². The number of imidazole rings is 1. The summed E-state index contributed by atoms with van der Waals surface area (Å²) in [7, 11) is 0. The van der Waals surface area contributed by atoms with Crippen LogP contribution in [0, 0.1) is 0 Å². The van der Waals surface area contributed by atoms with Gasteiger partial charge in [-0.25, -0.2) is 4.98 Å². The topological polar surface area (TPSA) is 84.2 Å². The van der Waals surface area contributed by atoms with Gasteiger partial charge in [0.25, 0.3) is 0 Å². The minimum atomic E-state index is -4.39. The second-order valence-corrected chi connectivity index (χ2v) is 7.37. The first-order valence-electron chi connectivity index (χ1n) is 9.36. The molecule has 0 spiro atoms. The molecule has 0 bridgehead atoms. The Hall–Kier alpha value is -3.17. The molecule has 1 atom stereocenters. The van der Waals surface area contributed by atoms with Crippen molar-refractivity contribution >= 4 is 17.4 Å². The summed E-state index contributed by atoms with van der Waals surface area (Å²) in [4.78, 5) is 16.0. The van der Waals surface area contributed by atoms with E-state index in [9.17, 15) is 18.0 Å². The lowest BCUT2D eigenvalue weighted by Gasteiger charge is -2.15. The fourth-order valence-electron chi connectivity index (χ4n) is 3.70. The standard InChI is InChI=1S/C19H17F3N6O/c20-19(21,22)11-3-4-12(13(7-11)10-1-2-10)16-15-8-23-9-28(15)18(27-26-16)25-14-5-6-24-17(14)29/h3-4,7-10,14H,1-2,5-6H2,(H,24,29)(H,25,27). The Kier molecular flexibility index (Phi) is 3.97. The number of anilines is 1. The average Bonchev–Trinajstić information content (AvgIpc) is 3.27. The maximum absolute atomic E-state index is 13.2. The first kappa shape index (κ1) is 17.9. The first-order chi connectivity index (χ1) is 13.9. The summed E-state index contributed by atoms with van der Waals surface area (Å²) in [6, 6.07) is 3.35. The van der Waals surface area contributed by atoms with Gasteiger partial charge in [-0.3, -0.25) is 9.20 Å². The van der Waals surface area contributed by atoms with E-state index in [4.69, 9.17) is 0 Å². The van der Waals surface area contributed by atoms with Gasteiger partial charge < -0.3 is 10.6 Å². The van der Waals surface area contributed by atoms with Gasteiger partial charge in [0.05, 0.1) is 17.3 Å². The SMILES string of the molecule is O=C1NCCC1Nc1nnc(-c2ccc(C(F)(F)F)cc2C2CC2)c2cncn12. The molecule has 2 aliphatic rings. The third-order valence-corrected chi connectivity index (χ3v) is 5.36. The van der Waals surface area contributed by atoms with Crippen LogP contribution in [0.25, 0.3) is 16.8 Å². The van der Waals surface area contributed by atoms with Gasteiger partial charge in [-0.2, -0.15) is 13.2 Å². The molecule has 1 saturated carbocycles. The largest absolute Gasteiger partial charge is 0.416 e. The van der Waals surface area contributed by atoms with Crippen LogP contribution in [-0.4, -0.2) is 38.1 Å². The van der Waals surface area contributed by atoms with E-state index in [-0.39, 0.29) is 11.8 Å². The van der Waals surface area contributed by atoms with Crippen molar-refractivity contribution in [2.45, 2.75) is 37.4 Å². The molecule has 2 N–H and O–H groups in total. The van der Waals surface area contributed by atoms with Gasteiger partial charge in [-0.15, -0.1) is 10.2 Å². The Morgan fingerprint density at radius 2 is 2.00 bits per heavy atom. The number of hydrogen-bond donors (Lipinski definition) is 2. The van der Waals surface area contributed by atoms with Gasteiger partial charge in [0.1, 0.15) is 18.1 Å². The van der Waals surface area contributed by atoms with E-state index in [0.717, 1.165) is 18.9 Å². The molecule has 1 aromatic carbocycles. The van der Waals surface area contributed by atoms with Crippen LogP contribution in [-0.2, 0) is 11.0 Å². The highest BCUT2D eigenvalue weighted by Gasteiger charge is 2.35. The predicted molar refractivity (Wildman–Crippen MR) is 98.2 cm³/mol. The molecule has 7 nitrogen and oxygen atoms in total. The summed E-state index contributed by atoms with van der Waals surface area (Å²) in [5.41, 5.74) is 1.69. The van der Waals surface area contributed by atoms with E-state index in [0.29, 0.717) is 41.3 Å². The van der Waals surface area contributed by atoms with Crippen molar-refractivity contribution in [3.05, 3.63) is 41.9 Å². The number of alkyl halides is 3. The summed E-state index contributed by atoms with van der Waals surface area (Å²) in [6.07, 6.45) is 1.09. The lowest BCUT2D eigenvalue weighted by atomic mass is 9.97. The molecule has 1 aliphatic heterocycles. The van der Waals surface area contributed by atoms with Crippen molar-refractivity contribution in [1.82, 2.24) is 24.9 Å². The van der Waals surface area contributed by atoms with Gasteiger partial charge in [0, 0.05) is 12.1 Å². The number of benzene rings is 1. The molecular formula is C19H17F3N6O. The van der Waals surface area contributed by atoms with Crippen LogP contribution in [0.3, 0.4) is 0 Å². The molecular weight excluding hydrogens is 385 g/mol. The van der Waals surface area contributed by atoms with Crippen molar-refractivity contribution in [1.29, 1.82) is 0 Å². The van der Waals surface area contributed by atoms with E-state index in [1.165, 1.54) is 12.1 Å². The third kappa shape index (κ3) is 3.18. The van der Waals surface area contributed by atoms with Crippen LogP contribution in [0.4, 0.5) is 19.1 Å². The monoisotopic (exact) mass is 402 g/mol. The summed E-state index contributed by atoms with van der Waals surface area (Å²) in [5, 5.41) is 14.3. The van der Waals surface area contributed by atoms with Gasteiger partial charge in [0.15, 0.2) is 0 Å². The zero-order valence-corrected chi connectivity index (χ0v) is 15.2. The zero-order valence-electron chi connectivity index (χ0n) is 15.2. The molecule has 29 heavy (non-hydrogen) atoms. The van der Waals surface area contributed by atoms with Crippen LogP contribution < -0.4 is 10.6 Å². The van der Waals surface area contributed by atoms with E-state index < -0.39 is 17.8 Å². The fourth-order valence-corrected chi connectivity index (χ4v) is 3.70. The van der Waals surface area contributed by atoms with Crippen molar-refractivity contribution in [2.75, 3.05) is 11.9 Å². The van der Waals surface area contributed by atoms with E-state index >= 15 is 0 Å². The maximum atomic E-state index is 13.2. The first-order valence-corrected chi connectivity index (χ1v) is 9.36. The minimum absolute atomic E-state index is 0.0945. The molecule has 150 valence electrons. The number of carbonyl (C=O) groups is 1. The van der Waals surface area contributed by atoms with Gasteiger partial charge in [-0.05, 0) is 42.9 Å². The maximum Gasteiger partial charge on any atom is 0.416 e. The smallest absolute Gasteiger partial charge is 0.354 e. The molecule has 2 aromatic heterocycles. The molecule has 1 unspecified atom stereocenters. The summed E-state index contributed by atoms with van der Waals surface area (Å²) in [5.74, 6) is 0.350. The second kappa shape index (κ2) is 6.43. The quantitative estimate of drug-likeness (QED) is 0.701. The Morgan fingerprint density at radius 1 is 1.17 bits per heavy atom. The van der Waals surface area contributed by atoms with Crippen LogP contribution in [0.5, 0.6) is 0 Å². The molecule has 5 rings (SSSR count). The molecule has 2 fully saturated rings. The molecule has 10 heteroatoms. The number of rotatable bonds is 4. The van der Waals surface area contributed by atoms with Crippen LogP contribution in [0.1, 0.15) is 36.3 Å². The predicted octanol–water partition coefficient (Wildman–Crippen LogP) is 2.99. The third-order valence-electron chi connectivity index (χ3n) is 5.36. The number of nitrogens with one attached hydrogen (secondary N) is 2. The fraction of sp³-hybridized carbons (Fsp3) is 0.368. The Morgan fingerprint density at radius 3 is 2.69 bits per heavy atom. The Balaban J connectivity index is 1.59. The molecule has 1 saturated heterocycles. The van der Waals surface area contributed by atoms with Crippen molar-refractivity contribution in [3.8, 4) is 11.3 Å². The number of hydrogen-bond acceptors (Lipinski definition) is 5. The number of carbonyl (C=O) groups excluding carboxylic acids is 1.